The summed E-state index contributed by atoms with van der Waals surface area (Å²) in [7, 11) is -2.63. The van der Waals surface area contributed by atoms with E-state index in [0.29, 0.717) is 18.8 Å². The van der Waals surface area contributed by atoms with Crippen LogP contribution in [0.25, 0.3) is 0 Å². The second-order valence-corrected chi connectivity index (χ2v) is 7.90. The SMILES string of the molecule is COC(=O)c1cc(S(N)(=O)=O)ccc1N1CCN(Cc2cccnc2)CC1. The van der Waals surface area contributed by atoms with Crippen LogP contribution in [0.3, 0.4) is 0 Å². The number of ether oxygens (including phenoxy) is 1. The molecule has 3 rings (SSSR count). The quantitative estimate of drug-likeness (QED) is 0.754. The van der Waals surface area contributed by atoms with Gasteiger partial charge in [-0.15, -0.1) is 0 Å². The van der Waals surface area contributed by atoms with Crippen molar-refractivity contribution in [2.24, 2.45) is 5.14 Å². The van der Waals surface area contributed by atoms with E-state index in [1.54, 1.807) is 12.3 Å². The molecule has 1 fully saturated rings. The van der Waals surface area contributed by atoms with E-state index in [2.05, 4.69) is 14.8 Å². The maximum atomic E-state index is 12.2. The molecule has 0 atom stereocenters. The lowest BCUT2D eigenvalue weighted by Crippen LogP contribution is -2.46. The molecule has 1 aliphatic rings. The number of nitrogens with zero attached hydrogens (tertiary/aromatic N) is 3. The number of carbonyl (C=O) groups is 1. The molecule has 1 aromatic heterocycles. The van der Waals surface area contributed by atoms with Crippen LogP contribution in [0.4, 0.5) is 5.69 Å². The first-order valence-electron chi connectivity index (χ1n) is 8.50. The molecular weight excluding hydrogens is 368 g/mol. The van der Waals surface area contributed by atoms with Crippen molar-refractivity contribution in [3.05, 3.63) is 53.9 Å². The summed E-state index contributed by atoms with van der Waals surface area (Å²) >= 11 is 0. The van der Waals surface area contributed by atoms with Gasteiger partial charge in [0.25, 0.3) is 0 Å². The van der Waals surface area contributed by atoms with E-state index < -0.39 is 16.0 Å². The third-order valence-corrected chi connectivity index (χ3v) is 5.45. The standard InChI is InChI=1S/C18H22N4O4S/c1-26-18(23)16-11-15(27(19,24)25)4-5-17(16)22-9-7-21(8-10-22)13-14-3-2-6-20-12-14/h2-6,11-12H,7-10,13H2,1H3,(H2,19,24,25). The van der Waals surface area contributed by atoms with Gasteiger partial charge in [0.1, 0.15) is 0 Å². The number of benzene rings is 1. The van der Waals surface area contributed by atoms with Crippen molar-refractivity contribution in [2.75, 3.05) is 38.2 Å². The topological polar surface area (TPSA) is 106 Å². The largest absolute Gasteiger partial charge is 0.465 e. The molecule has 1 aliphatic heterocycles. The number of carbonyl (C=O) groups excluding carboxylic acids is 1. The lowest BCUT2D eigenvalue weighted by molar-refractivity contribution is 0.0601. The molecule has 0 bridgehead atoms. The summed E-state index contributed by atoms with van der Waals surface area (Å²) in [6, 6.07) is 8.27. The molecule has 1 saturated heterocycles. The minimum Gasteiger partial charge on any atom is -0.465 e. The number of primary sulfonamides is 1. The number of pyridine rings is 1. The molecular formula is C18H22N4O4S. The summed E-state index contributed by atoms with van der Waals surface area (Å²) in [6.45, 7) is 3.85. The highest BCUT2D eigenvalue weighted by molar-refractivity contribution is 7.89. The fourth-order valence-corrected chi connectivity index (χ4v) is 3.68. The summed E-state index contributed by atoms with van der Waals surface area (Å²) in [5.74, 6) is -0.590. The van der Waals surface area contributed by atoms with Gasteiger partial charge in [0, 0.05) is 45.1 Å². The zero-order valence-corrected chi connectivity index (χ0v) is 15.9. The Morgan fingerprint density at radius 3 is 2.56 bits per heavy atom. The summed E-state index contributed by atoms with van der Waals surface area (Å²) < 4.78 is 28.0. The molecule has 0 radical (unpaired) electrons. The lowest BCUT2D eigenvalue weighted by atomic mass is 10.1. The Morgan fingerprint density at radius 2 is 1.96 bits per heavy atom. The number of hydrogen-bond donors (Lipinski definition) is 1. The fourth-order valence-electron chi connectivity index (χ4n) is 3.14. The second-order valence-electron chi connectivity index (χ2n) is 6.34. The van der Waals surface area contributed by atoms with E-state index in [-0.39, 0.29) is 10.5 Å². The summed E-state index contributed by atoms with van der Waals surface area (Å²) in [5, 5.41) is 5.18. The Kier molecular flexibility index (Phi) is 5.73. The van der Waals surface area contributed by atoms with Gasteiger partial charge in [0.2, 0.25) is 10.0 Å². The molecule has 144 valence electrons. The zero-order chi connectivity index (χ0) is 19.4. The highest BCUT2D eigenvalue weighted by Crippen LogP contribution is 2.26. The first-order chi connectivity index (χ1) is 12.9. The van der Waals surface area contributed by atoms with Crippen molar-refractivity contribution in [1.82, 2.24) is 9.88 Å². The van der Waals surface area contributed by atoms with E-state index in [9.17, 15) is 13.2 Å². The van der Waals surface area contributed by atoms with E-state index >= 15 is 0 Å². The van der Waals surface area contributed by atoms with Crippen molar-refractivity contribution >= 4 is 21.7 Å². The summed E-state index contributed by atoms with van der Waals surface area (Å²) in [5.41, 5.74) is 2.00. The first kappa shape index (κ1) is 19.3. The molecule has 0 unspecified atom stereocenters. The Labute approximate surface area is 158 Å². The predicted molar refractivity (Wildman–Crippen MR) is 101 cm³/mol. The van der Waals surface area contributed by atoms with Crippen LogP contribution in [0.1, 0.15) is 15.9 Å². The van der Waals surface area contributed by atoms with Gasteiger partial charge in [-0.05, 0) is 29.8 Å². The van der Waals surface area contributed by atoms with Crippen LogP contribution in [-0.4, -0.2) is 57.6 Å². The van der Waals surface area contributed by atoms with Gasteiger partial charge < -0.3 is 9.64 Å². The van der Waals surface area contributed by atoms with Crippen LogP contribution in [-0.2, 0) is 21.3 Å². The van der Waals surface area contributed by atoms with Crippen molar-refractivity contribution in [3.8, 4) is 0 Å². The molecule has 0 spiro atoms. The van der Waals surface area contributed by atoms with Crippen LogP contribution in [0, 0.1) is 0 Å². The average Bonchev–Trinajstić information content (AvgIpc) is 2.67. The smallest absolute Gasteiger partial charge is 0.340 e. The highest BCUT2D eigenvalue weighted by Gasteiger charge is 2.24. The van der Waals surface area contributed by atoms with E-state index in [0.717, 1.165) is 25.2 Å². The maximum absolute atomic E-state index is 12.2. The molecule has 0 saturated carbocycles. The monoisotopic (exact) mass is 390 g/mol. The van der Waals surface area contributed by atoms with Crippen LogP contribution in [0.5, 0.6) is 0 Å². The van der Waals surface area contributed by atoms with Crippen LogP contribution < -0.4 is 10.0 Å². The van der Waals surface area contributed by atoms with Crippen LogP contribution >= 0.6 is 0 Å². The van der Waals surface area contributed by atoms with Crippen molar-refractivity contribution < 1.29 is 17.9 Å². The molecule has 9 heteroatoms. The van der Waals surface area contributed by atoms with Gasteiger partial charge in [-0.1, -0.05) is 6.07 Å². The second kappa shape index (κ2) is 8.03. The Morgan fingerprint density at radius 1 is 1.22 bits per heavy atom. The van der Waals surface area contributed by atoms with Gasteiger partial charge in [-0.2, -0.15) is 0 Å². The molecule has 2 aromatic rings. The van der Waals surface area contributed by atoms with Gasteiger partial charge >= 0.3 is 5.97 Å². The Bertz CT molecular complexity index is 910. The molecule has 2 N–H and O–H groups in total. The first-order valence-corrected chi connectivity index (χ1v) is 10.0. The number of rotatable bonds is 5. The van der Waals surface area contributed by atoms with E-state index in [1.807, 2.05) is 18.3 Å². The number of piperazine rings is 1. The number of sulfonamides is 1. The molecule has 2 heterocycles. The molecule has 1 aromatic carbocycles. The highest BCUT2D eigenvalue weighted by atomic mass is 32.2. The number of aromatic nitrogens is 1. The fraction of sp³-hybridized carbons (Fsp3) is 0.333. The minimum atomic E-state index is -3.90. The third kappa shape index (κ3) is 4.62. The number of methoxy groups -OCH3 is 1. The van der Waals surface area contributed by atoms with E-state index in [4.69, 9.17) is 9.88 Å². The molecule has 0 amide bonds. The van der Waals surface area contributed by atoms with Gasteiger partial charge in [0.15, 0.2) is 0 Å². The number of anilines is 1. The lowest BCUT2D eigenvalue weighted by Gasteiger charge is -2.36. The van der Waals surface area contributed by atoms with Crippen LogP contribution in [0.2, 0.25) is 0 Å². The maximum Gasteiger partial charge on any atom is 0.340 e. The summed E-state index contributed by atoms with van der Waals surface area (Å²) in [6.07, 6.45) is 3.61. The Hall–Kier alpha value is -2.49. The van der Waals surface area contributed by atoms with Gasteiger partial charge in [-0.25, -0.2) is 18.4 Å². The predicted octanol–water partition coefficient (Wildman–Crippen LogP) is 0.838. The zero-order valence-electron chi connectivity index (χ0n) is 15.0. The normalized spacial score (nSPS) is 15.6. The van der Waals surface area contributed by atoms with Gasteiger partial charge in [0.05, 0.1) is 23.3 Å². The number of hydrogen-bond acceptors (Lipinski definition) is 7. The summed E-state index contributed by atoms with van der Waals surface area (Å²) in [4.78, 5) is 20.5. The van der Waals surface area contributed by atoms with Crippen molar-refractivity contribution in [3.63, 3.8) is 0 Å². The Balaban J connectivity index is 1.76. The third-order valence-electron chi connectivity index (χ3n) is 4.54. The van der Waals surface area contributed by atoms with Crippen molar-refractivity contribution in [2.45, 2.75) is 11.4 Å². The average molecular weight is 390 g/mol. The number of nitrogens with two attached hydrogens (primary N) is 1. The number of esters is 1. The van der Waals surface area contributed by atoms with E-state index in [1.165, 1.54) is 19.2 Å². The van der Waals surface area contributed by atoms with Crippen molar-refractivity contribution in [1.29, 1.82) is 0 Å². The van der Waals surface area contributed by atoms with Crippen LogP contribution in [0.15, 0.2) is 47.6 Å². The molecule has 0 aliphatic carbocycles. The van der Waals surface area contributed by atoms with Gasteiger partial charge in [-0.3, -0.25) is 9.88 Å². The molecule has 8 nitrogen and oxygen atoms in total. The minimum absolute atomic E-state index is 0.109. The molecule has 27 heavy (non-hydrogen) atoms.